The number of aryl methyl sites for hydroxylation is 1. The lowest BCUT2D eigenvalue weighted by molar-refractivity contribution is 0.723. The van der Waals surface area contributed by atoms with Gasteiger partial charge in [0.2, 0.25) is 0 Å². The van der Waals surface area contributed by atoms with Gasteiger partial charge in [0, 0.05) is 17.3 Å². The normalized spacial score (nSPS) is 10.8. The highest BCUT2D eigenvalue weighted by Gasteiger charge is 2.06. The van der Waals surface area contributed by atoms with Crippen molar-refractivity contribution in [3.8, 4) is 11.4 Å². The molecular weight excluding hydrogens is 226 g/mol. The van der Waals surface area contributed by atoms with Crippen molar-refractivity contribution in [2.45, 2.75) is 20.4 Å². The standard InChI is InChI=1S/C10H13N3S2/c1-3-11-4-10-13-9(6-15-10)8-5-14-7(2)12-8/h5-6,11H,3-4H2,1-2H3. The van der Waals surface area contributed by atoms with Gasteiger partial charge in [0.05, 0.1) is 5.01 Å². The lowest BCUT2D eigenvalue weighted by atomic mass is 10.4. The van der Waals surface area contributed by atoms with Crippen LogP contribution < -0.4 is 5.32 Å². The van der Waals surface area contributed by atoms with E-state index < -0.39 is 0 Å². The molecule has 0 saturated carbocycles. The third-order valence-corrected chi connectivity index (χ3v) is 3.58. The van der Waals surface area contributed by atoms with E-state index in [1.54, 1.807) is 22.7 Å². The molecule has 1 N–H and O–H groups in total. The molecule has 15 heavy (non-hydrogen) atoms. The molecule has 3 nitrogen and oxygen atoms in total. The van der Waals surface area contributed by atoms with Crippen molar-refractivity contribution in [1.82, 2.24) is 15.3 Å². The van der Waals surface area contributed by atoms with E-state index >= 15 is 0 Å². The molecule has 0 saturated heterocycles. The first-order chi connectivity index (χ1) is 7.29. The smallest absolute Gasteiger partial charge is 0.107 e. The van der Waals surface area contributed by atoms with Crippen LogP contribution in [0.15, 0.2) is 10.8 Å². The molecule has 0 fully saturated rings. The van der Waals surface area contributed by atoms with Gasteiger partial charge in [0.1, 0.15) is 16.4 Å². The van der Waals surface area contributed by atoms with Crippen molar-refractivity contribution >= 4 is 22.7 Å². The maximum Gasteiger partial charge on any atom is 0.107 e. The van der Waals surface area contributed by atoms with Gasteiger partial charge in [-0.3, -0.25) is 0 Å². The number of hydrogen-bond donors (Lipinski definition) is 1. The highest BCUT2D eigenvalue weighted by atomic mass is 32.1. The van der Waals surface area contributed by atoms with E-state index in [1.807, 2.05) is 6.92 Å². The molecule has 0 amide bonds. The zero-order valence-electron chi connectivity index (χ0n) is 8.78. The molecule has 80 valence electrons. The number of nitrogens with zero attached hydrogens (tertiary/aromatic N) is 2. The Hall–Kier alpha value is -0.780. The quantitative estimate of drug-likeness (QED) is 0.891. The second-order valence-corrected chi connectivity index (χ2v) is 5.16. The summed E-state index contributed by atoms with van der Waals surface area (Å²) in [6.07, 6.45) is 0. The zero-order valence-corrected chi connectivity index (χ0v) is 10.4. The summed E-state index contributed by atoms with van der Waals surface area (Å²) in [6.45, 7) is 5.94. The minimum absolute atomic E-state index is 0.851. The predicted molar refractivity (Wildman–Crippen MR) is 65.3 cm³/mol. The molecule has 0 bridgehead atoms. The Morgan fingerprint density at radius 1 is 1.20 bits per heavy atom. The van der Waals surface area contributed by atoms with Crippen LogP contribution in [-0.2, 0) is 6.54 Å². The Bertz CT molecular complexity index is 433. The Balaban J connectivity index is 2.13. The van der Waals surface area contributed by atoms with E-state index in [9.17, 15) is 0 Å². The van der Waals surface area contributed by atoms with Crippen LogP contribution in [0, 0.1) is 6.92 Å². The van der Waals surface area contributed by atoms with Crippen molar-refractivity contribution in [3.63, 3.8) is 0 Å². The van der Waals surface area contributed by atoms with Gasteiger partial charge in [-0.2, -0.15) is 0 Å². The van der Waals surface area contributed by atoms with E-state index in [1.165, 1.54) is 0 Å². The average Bonchev–Trinajstić information content (AvgIpc) is 2.83. The minimum atomic E-state index is 0.851. The Morgan fingerprint density at radius 3 is 2.60 bits per heavy atom. The largest absolute Gasteiger partial charge is 0.311 e. The monoisotopic (exact) mass is 239 g/mol. The van der Waals surface area contributed by atoms with Gasteiger partial charge in [0.15, 0.2) is 0 Å². The van der Waals surface area contributed by atoms with Crippen LogP contribution in [0.5, 0.6) is 0 Å². The molecular formula is C10H13N3S2. The molecule has 0 unspecified atom stereocenters. The van der Waals surface area contributed by atoms with Gasteiger partial charge in [-0.05, 0) is 13.5 Å². The second kappa shape index (κ2) is 4.83. The highest BCUT2D eigenvalue weighted by molar-refractivity contribution is 7.10. The van der Waals surface area contributed by atoms with E-state index in [4.69, 9.17) is 0 Å². The van der Waals surface area contributed by atoms with Crippen LogP contribution in [-0.4, -0.2) is 16.5 Å². The highest BCUT2D eigenvalue weighted by Crippen LogP contribution is 2.23. The van der Waals surface area contributed by atoms with E-state index in [0.717, 1.165) is 34.5 Å². The first kappa shape index (κ1) is 10.7. The van der Waals surface area contributed by atoms with Crippen LogP contribution >= 0.6 is 22.7 Å². The molecule has 2 rings (SSSR count). The van der Waals surface area contributed by atoms with Gasteiger partial charge in [-0.25, -0.2) is 9.97 Å². The van der Waals surface area contributed by atoms with Gasteiger partial charge in [0.25, 0.3) is 0 Å². The van der Waals surface area contributed by atoms with Crippen LogP contribution in [0.1, 0.15) is 16.9 Å². The van der Waals surface area contributed by atoms with Crippen LogP contribution in [0.3, 0.4) is 0 Å². The number of aromatic nitrogens is 2. The predicted octanol–water partition coefficient (Wildman–Crippen LogP) is 2.68. The minimum Gasteiger partial charge on any atom is -0.311 e. The first-order valence-electron chi connectivity index (χ1n) is 4.87. The Kier molecular flexibility index (Phi) is 3.45. The molecule has 0 aliphatic heterocycles. The van der Waals surface area contributed by atoms with Crippen LogP contribution in [0.4, 0.5) is 0 Å². The summed E-state index contributed by atoms with van der Waals surface area (Å²) in [4.78, 5) is 8.95. The number of nitrogens with one attached hydrogen (secondary N) is 1. The SMILES string of the molecule is CCNCc1nc(-c2csc(C)n2)cs1. The molecule has 0 radical (unpaired) electrons. The van der Waals surface area contributed by atoms with E-state index in [-0.39, 0.29) is 0 Å². The molecule has 2 aromatic rings. The maximum atomic E-state index is 4.53. The molecule has 2 aromatic heterocycles. The summed E-state index contributed by atoms with van der Waals surface area (Å²) in [5, 5.41) is 9.60. The summed E-state index contributed by atoms with van der Waals surface area (Å²) >= 11 is 3.35. The van der Waals surface area contributed by atoms with Gasteiger partial charge >= 0.3 is 0 Å². The fourth-order valence-corrected chi connectivity index (χ4v) is 2.59. The third-order valence-electron chi connectivity index (χ3n) is 1.96. The van der Waals surface area contributed by atoms with E-state index in [2.05, 4.69) is 33.0 Å². The zero-order chi connectivity index (χ0) is 10.7. The summed E-state index contributed by atoms with van der Waals surface area (Å²) in [7, 11) is 0. The summed E-state index contributed by atoms with van der Waals surface area (Å²) in [5.74, 6) is 0. The Labute approximate surface area is 97.2 Å². The summed E-state index contributed by atoms with van der Waals surface area (Å²) in [5.41, 5.74) is 1.99. The Morgan fingerprint density at radius 2 is 1.93 bits per heavy atom. The fraction of sp³-hybridized carbons (Fsp3) is 0.400. The second-order valence-electron chi connectivity index (χ2n) is 3.16. The van der Waals surface area contributed by atoms with E-state index in [0.29, 0.717) is 0 Å². The molecule has 0 aromatic carbocycles. The number of thiazole rings is 2. The number of hydrogen-bond acceptors (Lipinski definition) is 5. The molecule has 5 heteroatoms. The van der Waals surface area contributed by atoms with Crippen molar-refractivity contribution in [1.29, 1.82) is 0 Å². The van der Waals surface area contributed by atoms with Crippen molar-refractivity contribution in [2.24, 2.45) is 0 Å². The van der Waals surface area contributed by atoms with Crippen molar-refractivity contribution in [3.05, 3.63) is 20.8 Å². The molecule has 2 heterocycles. The van der Waals surface area contributed by atoms with Gasteiger partial charge < -0.3 is 5.32 Å². The topological polar surface area (TPSA) is 37.8 Å². The molecule has 0 aliphatic carbocycles. The molecule has 0 aliphatic rings. The summed E-state index contributed by atoms with van der Waals surface area (Å²) in [6, 6.07) is 0. The fourth-order valence-electron chi connectivity index (χ4n) is 1.22. The summed E-state index contributed by atoms with van der Waals surface area (Å²) < 4.78 is 0. The molecule has 0 spiro atoms. The average molecular weight is 239 g/mol. The lowest BCUT2D eigenvalue weighted by Gasteiger charge is -1.94. The molecule has 0 atom stereocenters. The van der Waals surface area contributed by atoms with Gasteiger partial charge in [-0.1, -0.05) is 6.92 Å². The third kappa shape index (κ3) is 2.62. The maximum absolute atomic E-state index is 4.53. The van der Waals surface area contributed by atoms with Crippen LogP contribution in [0.25, 0.3) is 11.4 Å². The van der Waals surface area contributed by atoms with Crippen molar-refractivity contribution in [2.75, 3.05) is 6.54 Å². The van der Waals surface area contributed by atoms with Gasteiger partial charge in [-0.15, -0.1) is 22.7 Å². The van der Waals surface area contributed by atoms with Crippen LogP contribution in [0.2, 0.25) is 0 Å². The van der Waals surface area contributed by atoms with Crippen molar-refractivity contribution < 1.29 is 0 Å². The number of rotatable bonds is 4. The lowest BCUT2D eigenvalue weighted by Crippen LogP contribution is -2.11. The first-order valence-corrected chi connectivity index (χ1v) is 6.63.